The van der Waals surface area contributed by atoms with Crippen molar-refractivity contribution in [3.05, 3.63) is 29.8 Å². The van der Waals surface area contributed by atoms with Crippen molar-refractivity contribution >= 4 is 5.91 Å². The first-order chi connectivity index (χ1) is 10.0. The van der Waals surface area contributed by atoms with Gasteiger partial charge in [0.05, 0.1) is 5.54 Å². The van der Waals surface area contributed by atoms with Crippen molar-refractivity contribution in [1.82, 2.24) is 5.32 Å². The fraction of sp³-hybridized carbons (Fsp3) is 0.500. The summed E-state index contributed by atoms with van der Waals surface area (Å²) in [6.45, 7) is -1.94. The normalized spacial score (nSPS) is 17.5. The minimum atomic E-state index is -2.90. The second-order valence-electron chi connectivity index (χ2n) is 4.94. The average molecular weight is 300 g/mol. The average Bonchev–Trinajstić information content (AvgIpc) is 2.46. The molecule has 1 fully saturated rings. The van der Waals surface area contributed by atoms with Crippen LogP contribution in [0, 0.1) is 0 Å². The molecular formula is C14H18F2N2O3. The van der Waals surface area contributed by atoms with E-state index in [2.05, 4.69) is 10.1 Å². The predicted octanol–water partition coefficient (Wildman–Crippen LogP) is 1.41. The van der Waals surface area contributed by atoms with E-state index in [1.165, 1.54) is 6.07 Å². The minimum Gasteiger partial charge on any atom is -0.434 e. The molecule has 2 rings (SSSR count). The van der Waals surface area contributed by atoms with Crippen molar-refractivity contribution in [3.63, 3.8) is 0 Å². The van der Waals surface area contributed by atoms with E-state index in [-0.39, 0.29) is 18.2 Å². The Hall–Kier alpha value is -1.73. The van der Waals surface area contributed by atoms with Crippen LogP contribution in [0.4, 0.5) is 8.78 Å². The van der Waals surface area contributed by atoms with Crippen LogP contribution in [-0.2, 0) is 16.1 Å². The van der Waals surface area contributed by atoms with Crippen LogP contribution in [0.3, 0.4) is 0 Å². The maximum atomic E-state index is 12.3. The molecule has 0 aromatic heterocycles. The molecule has 1 aliphatic heterocycles. The molecule has 0 atom stereocenters. The fourth-order valence-electron chi connectivity index (χ4n) is 2.18. The Labute approximate surface area is 121 Å². The van der Waals surface area contributed by atoms with Gasteiger partial charge in [-0.3, -0.25) is 4.79 Å². The van der Waals surface area contributed by atoms with Crippen LogP contribution in [0.25, 0.3) is 0 Å². The summed E-state index contributed by atoms with van der Waals surface area (Å²) in [4.78, 5) is 12.1. The first-order valence-electron chi connectivity index (χ1n) is 6.69. The van der Waals surface area contributed by atoms with Gasteiger partial charge >= 0.3 is 6.61 Å². The SMILES string of the molecule is NC1(C(=O)NCc2ccccc2OC(F)F)CCOCC1. The monoisotopic (exact) mass is 300 g/mol. The van der Waals surface area contributed by atoms with Crippen molar-refractivity contribution in [1.29, 1.82) is 0 Å². The van der Waals surface area contributed by atoms with Gasteiger partial charge in [0.25, 0.3) is 0 Å². The molecule has 0 saturated carbocycles. The third-order valence-corrected chi connectivity index (χ3v) is 3.47. The summed E-state index contributed by atoms with van der Waals surface area (Å²) in [5.74, 6) is -0.261. The van der Waals surface area contributed by atoms with E-state index in [1.54, 1.807) is 18.2 Å². The molecule has 1 saturated heterocycles. The van der Waals surface area contributed by atoms with Crippen molar-refractivity contribution < 1.29 is 23.0 Å². The third kappa shape index (κ3) is 4.12. The van der Waals surface area contributed by atoms with E-state index < -0.39 is 12.2 Å². The van der Waals surface area contributed by atoms with Crippen LogP contribution in [0.2, 0.25) is 0 Å². The van der Waals surface area contributed by atoms with Crippen molar-refractivity contribution in [3.8, 4) is 5.75 Å². The van der Waals surface area contributed by atoms with Gasteiger partial charge in [0, 0.05) is 25.3 Å². The van der Waals surface area contributed by atoms with E-state index in [1.807, 2.05) is 0 Å². The summed E-state index contributed by atoms with van der Waals surface area (Å²) in [7, 11) is 0. The quantitative estimate of drug-likeness (QED) is 0.862. The number of ether oxygens (including phenoxy) is 2. The summed E-state index contributed by atoms with van der Waals surface area (Å²) in [6, 6.07) is 6.32. The Morgan fingerprint density at radius 1 is 1.38 bits per heavy atom. The molecule has 0 spiro atoms. The molecule has 0 aliphatic carbocycles. The molecule has 7 heteroatoms. The number of hydrogen-bond acceptors (Lipinski definition) is 4. The maximum absolute atomic E-state index is 12.3. The van der Waals surface area contributed by atoms with Crippen LogP contribution in [0.1, 0.15) is 18.4 Å². The van der Waals surface area contributed by atoms with Crippen molar-refractivity contribution in [2.45, 2.75) is 31.5 Å². The van der Waals surface area contributed by atoms with Crippen molar-refractivity contribution in [2.24, 2.45) is 5.73 Å². The molecular weight excluding hydrogens is 282 g/mol. The van der Waals surface area contributed by atoms with Gasteiger partial charge in [0.15, 0.2) is 0 Å². The van der Waals surface area contributed by atoms with Crippen LogP contribution in [0.5, 0.6) is 5.75 Å². The number of benzene rings is 1. The van der Waals surface area contributed by atoms with Crippen LogP contribution in [-0.4, -0.2) is 31.3 Å². The van der Waals surface area contributed by atoms with Crippen molar-refractivity contribution in [2.75, 3.05) is 13.2 Å². The Bertz CT molecular complexity index is 491. The zero-order chi connectivity index (χ0) is 15.3. The molecule has 21 heavy (non-hydrogen) atoms. The number of nitrogens with one attached hydrogen (secondary N) is 1. The summed E-state index contributed by atoms with van der Waals surface area (Å²) >= 11 is 0. The molecule has 0 unspecified atom stereocenters. The zero-order valence-electron chi connectivity index (χ0n) is 11.5. The number of para-hydroxylation sites is 1. The largest absolute Gasteiger partial charge is 0.434 e. The van der Waals surface area contributed by atoms with Crippen LogP contribution in [0.15, 0.2) is 24.3 Å². The van der Waals surface area contributed by atoms with Gasteiger partial charge in [-0.05, 0) is 18.9 Å². The molecule has 1 aromatic rings. The molecule has 0 bridgehead atoms. The second kappa shape index (κ2) is 6.82. The fourth-order valence-corrected chi connectivity index (χ4v) is 2.18. The Morgan fingerprint density at radius 3 is 2.71 bits per heavy atom. The second-order valence-corrected chi connectivity index (χ2v) is 4.94. The summed E-state index contributed by atoms with van der Waals surface area (Å²) in [5, 5.41) is 2.68. The number of alkyl halides is 2. The topological polar surface area (TPSA) is 73.6 Å². The Balaban J connectivity index is 1.98. The Kier molecular flexibility index (Phi) is 5.08. The highest BCUT2D eigenvalue weighted by molar-refractivity contribution is 5.86. The highest BCUT2D eigenvalue weighted by Crippen LogP contribution is 2.21. The van der Waals surface area contributed by atoms with Gasteiger partial charge in [0.1, 0.15) is 5.75 Å². The number of amides is 1. The number of nitrogens with two attached hydrogens (primary N) is 1. The van der Waals surface area contributed by atoms with E-state index in [0.29, 0.717) is 31.6 Å². The molecule has 1 heterocycles. The van der Waals surface area contributed by atoms with Crippen LogP contribution < -0.4 is 15.8 Å². The third-order valence-electron chi connectivity index (χ3n) is 3.47. The summed E-state index contributed by atoms with van der Waals surface area (Å²) in [5.41, 5.74) is 5.55. The molecule has 1 aromatic carbocycles. The number of carbonyl (C=O) groups is 1. The zero-order valence-corrected chi connectivity index (χ0v) is 11.5. The lowest BCUT2D eigenvalue weighted by Crippen LogP contribution is -2.56. The summed E-state index contributed by atoms with van der Waals surface area (Å²) in [6.07, 6.45) is 0.877. The maximum Gasteiger partial charge on any atom is 0.387 e. The minimum absolute atomic E-state index is 0.0471. The first-order valence-corrected chi connectivity index (χ1v) is 6.69. The lowest BCUT2D eigenvalue weighted by Gasteiger charge is -2.31. The molecule has 0 radical (unpaired) electrons. The lowest BCUT2D eigenvalue weighted by atomic mass is 9.90. The number of hydrogen-bond donors (Lipinski definition) is 2. The van der Waals surface area contributed by atoms with Gasteiger partial charge in [-0.2, -0.15) is 8.78 Å². The van der Waals surface area contributed by atoms with Gasteiger partial charge in [-0.15, -0.1) is 0 Å². The molecule has 116 valence electrons. The van der Waals surface area contributed by atoms with E-state index in [9.17, 15) is 13.6 Å². The highest BCUT2D eigenvalue weighted by atomic mass is 19.3. The van der Waals surface area contributed by atoms with Gasteiger partial charge < -0.3 is 20.5 Å². The molecule has 1 aliphatic rings. The van der Waals surface area contributed by atoms with Gasteiger partial charge in [-0.1, -0.05) is 18.2 Å². The van der Waals surface area contributed by atoms with E-state index >= 15 is 0 Å². The highest BCUT2D eigenvalue weighted by Gasteiger charge is 2.35. The smallest absolute Gasteiger partial charge is 0.387 e. The number of halogens is 2. The number of carbonyl (C=O) groups excluding carboxylic acids is 1. The molecule has 3 N–H and O–H groups in total. The standard InChI is InChI=1S/C14H18F2N2O3/c15-13(16)21-11-4-2-1-3-10(11)9-18-12(19)14(17)5-7-20-8-6-14/h1-4,13H,5-9,17H2,(H,18,19). The molecule has 5 nitrogen and oxygen atoms in total. The predicted molar refractivity (Wildman–Crippen MR) is 71.9 cm³/mol. The van der Waals surface area contributed by atoms with Crippen LogP contribution >= 0.6 is 0 Å². The lowest BCUT2D eigenvalue weighted by molar-refractivity contribution is -0.129. The molecule has 1 amide bonds. The van der Waals surface area contributed by atoms with Gasteiger partial charge in [0.2, 0.25) is 5.91 Å². The van der Waals surface area contributed by atoms with E-state index in [0.717, 1.165) is 0 Å². The number of rotatable bonds is 5. The Morgan fingerprint density at radius 2 is 2.05 bits per heavy atom. The first kappa shape index (κ1) is 15.7. The van der Waals surface area contributed by atoms with Gasteiger partial charge in [-0.25, -0.2) is 0 Å². The summed E-state index contributed by atoms with van der Waals surface area (Å²) < 4.78 is 34.2. The van der Waals surface area contributed by atoms with E-state index in [4.69, 9.17) is 10.5 Å².